The molecule has 0 spiro atoms. The summed E-state index contributed by atoms with van der Waals surface area (Å²) in [5.74, 6) is 2.19. The maximum absolute atomic E-state index is 9.41. The Kier molecular flexibility index (Phi) is 15.8. The number of allylic oxidation sites excluding steroid dienone is 2. The van der Waals surface area contributed by atoms with Crippen molar-refractivity contribution in [2.45, 2.75) is 77.1 Å². The first kappa shape index (κ1) is 40.9. The molecular formula is C44H56O7. The number of aromatic hydroxyl groups is 2. The van der Waals surface area contributed by atoms with Gasteiger partial charge in [0.05, 0.1) is 25.4 Å². The Labute approximate surface area is 304 Å². The molecule has 51 heavy (non-hydrogen) atoms. The van der Waals surface area contributed by atoms with Crippen LogP contribution in [-0.2, 0) is 20.3 Å². The molecule has 4 aromatic carbocycles. The van der Waals surface area contributed by atoms with Crippen LogP contribution in [0.4, 0.5) is 0 Å². The molecular weight excluding hydrogens is 640 g/mol. The number of hydrogen-bond donors (Lipinski definition) is 3. The number of benzene rings is 4. The molecule has 0 saturated carbocycles. The normalized spacial score (nSPS) is 16.3. The van der Waals surface area contributed by atoms with E-state index in [1.807, 2.05) is 72.8 Å². The first-order valence-electron chi connectivity index (χ1n) is 17.4. The first-order chi connectivity index (χ1) is 24.3. The molecule has 2 saturated heterocycles. The zero-order valence-corrected chi connectivity index (χ0v) is 31.0. The van der Waals surface area contributed by atoms with Crippen LogP contribution in [0.5, 0.6) is 23.0 Å². The quantitative estimate of drug-likeness (QED) is 0.100. The van der Waals surface area contributed by atoms with Crippen molar-refractivity contribution < 1.29 is 34.3 Å². The second-order valence-electron chi connectivity index (χ2n) is 13.8. The minimum Gasteiger partial charge on any atom is -0.508 e. The SMILES string of the molecule is C=CCC=C.CC(C)(c1ccc(O)cc1)c1ccc(OCC2CO2)cc1.CC(O)COc1ccc(C(C)(C)c2ccc(O)cc2)cc1.CC1CO1. The van der Waals surface area contributed by atoms with Gasteiger partial charge in [-0.3, -0.25) is 0 Å². The molecule has 2 aliphatic heterocycles. The maximum Gasteiger partial charge on any atom is 0.119 e. The lowest BCUT2D eigenvalue weighted by Gasteiger charge is -2.26. The molecule has 2 fully saturated rings. The maximum atomic E-state index is 9.41. The summed E-state index contributed by atoms with van der Waals surface area (Å²) in [6.45, 7) is 22.1. The third-order valence-corrected chi connectivity index (χ3v) is 8.49. The minimum atomic E-state index is -0.474. The standard InChI is InChI=1S/C18H20O3.C18H22O3.C5H8.C3H6O/c1-18(2,13-3-7-15(19)8-4-13)14-5-9-16(10-6-14)20-11-17-12-21-17;1-13(19)12-21-17-10-6-15(7-11-17)18(2,3)14-4-8-16(20)9-5-14;1-3-5-4-2;1-3-2-4-3/h3-10,17,19H,11-12H2,1-2H3;4-11,13,19-20H,12H2,1-3H3;3-4H,1-2,5H2;3H,2H2,1H3. The highest BCUT2D eigenvalue weighted by molar-refractivity contribution is 5.43. The van der Waals surface area contributed by atoms with Crippen molar-refractivity contribution >= 4 is 0 Å². The zero-order valence-electron chi connectivity index (χ0n) is 31.0. The number of ether oxygens (including phenoxy) is 4. The number of epoxide rings is 2. The van der Waals surface area contributed by atoms with Gasteiger partial charge in [0.1, 0.15) is 42.3 Å². The fourth-order valence-corrected chi connectivity index (χ4v) is 4.81. The van der Waals surface area contributed by atoms with Gasteiger partial charge in [-0.2, -0.15) is 0 Å². The number of aliphatic hydroxyl groups is 1. The zero-order chi connectivity index (χ0) is 37.4. The van der Waals surface area contributed by atoms with E-state index in [4.69, 9.17) is 18.9 Å². The average molecular weight is 697 g/mol. The molecule has 6 rings (SSSR count). The van der Waals surface area contributed by atoms with Crippen molar-refractivity contribution in [1.29, 1.82) is 0 Å². The molecule has 0 bridgehead atoms. The Morgan fingerprint density at radius 1 is 0.667 bits per heavy atom. The minimum absolute atomic E-state index is 0.119. The van der Waals surface area contributed by atoms with E-state index in [2.05, 4.69) is 59.9 Å². The molecule has 274 valence electrons. The van der Waals surface area contributed by atoms with Gasteiger partial charge >= 0.3 is 0 Å². The van der Waals surface area contributed by atoms with Crippen LogP contribution >= 0.6 is 0 Å². The Morgan fingerprint density at radius 3 is 1.27 bits per heavy atom. The van der Waals surface area contributed by atoms with Crippen LogP contribution in [0.3, 0.4) is 0 Å². The highest BCUT2D eigenvalue weighted by atomic mass is 16.6. The number of aliphatic hydroxyl groups excluding tert-OH is 1. The molecule has 7 heteroatoms. The molecule has 0 radical (unpaired) electrons. The van der Waals surface area contributed by atoms with Gasteiger partial charge in [0.15, 0.2) is 0 Å². The molecule has 2 aliphatic rings. The lowest BCUT2D eigenvalue weighted by Crippen LogP contribution is -2.18. The van der Waals surface area contributed by atoms with E-state index in [-0.39, 0.29) is 22.7 Å². The first-order valence-corrected chi connectivity index (χ1v) is 17.4. The third kappa shape index (κ3) is 14.3. The van der Waals surface area contributed by atoms with Crippen molar-refractivity contribution in [1.82, 2.24) is 0 Å². The van der Waals surface area contributed by atoms with Crippen molar-refractivity contribution in [3.05, 3.63) is 145 Å². The van der Waals surface area contributed by atoms with Gasteiger partial charge in [0, 0.05) is 10.8 Å². The molecule has 3 atom stereocenters. The van der Waals surface area contributed by atoms with Crippen LogP contribution < -0.4 is 9.47 Å². The summed E-state index contributed by atoms with van der Waals surface area (Å²) in [6, 6.07) is 30.7. The number of phenols is 2. The average Bonchev–Trinajstić information content (AvgIpc) is 4.07. The van der Waals surface area contributed by atoms with E-state index in [9.17, 15) is 15.3 Å². The lowest BCUT2D eigenvalue weighted by molar-refractivity contribution is 0.122. The van der Waals surface area contributed by atoms with Gasteiger partial charge in [-0.25, -0.2) is 0 Å². The second kappa shape index (κ2) is 19.7. The molecule has 0 aromatic heterocycles. The van der Waals surface area contributed by atoms with E-state index < -0.39 is 6.10 Å². The van der Waals surface area contributed by atoms with Crippen molar-refractivity contribution in [3.63, 3.8) is 0 Å². The van der Waals surface area contributed by atoms with Gasteiger partial charge < -0.3 is 34.3 Å². The number of hydrogen-bond acceptors (Lipinski definition) is 7. The Morgan fingerprint density at radius 2 is 1.00 bits per heavy atom. The molecule has 0 amide bonds. The summed E-state index contributed by atoms with van der Waals surface area (Å²) in [6.07, 6.45) is 4.93. The highest BCUT2D eigenvalue weighted by Gasteiger charge is 2.25. The molecule has 3 N–H and O–H groups in total. The number of phenolic OH excluding ortho intramolecular Hbond substituents is 2. The Hall–Kier alpha value is -4.56. The van der Waals surface area contributed by atoms with Crippen molar-refractivity contribution in [2.24, 2.45) is 0 Å². The van der Waals surface area contributed by atoms with Crippen LogP contribution in [0.1, 0.15) is 70.2 Å². The molecule has 2 heterocycles. The fraction of sp³-hybridized carbons (Fsp3) is 0.364. The summed E-state index contributed by atoms with van der Waals surface area (Å²) in [7, 11) is 0. The van der Waals surface area contributed by atoms with E-state index in [0.717, 1.165) is 42.3 Å². The number of rotatable bonds is 12. The summed E-state index contributed by atoms with van der Waals surface area (Å²) in [5.41, 5.74) is 4.40. The molecule has 0 aliphatic carbocycles. The van der Waals surface area contributed by atoms with Gasteiger partial charge in [-0.1, -0.05) is 88.4 Å². The van der Waals surface area contributed by atoms with Gasteiger partial charge in [-0.05, 0) is 91.1 Å². The van der Waals surface area contributed by atoms with Crippen molar-refractivity contribution in [3.8, 4) is 23.0 Å². The van der Waals surface area contributed by atoms with Crippen molar-refractivity contribution in [2.75, 3.05) is 26.4 Å². The van der Waals surface area contributed by atoms with Gasteiger partial charge in [-0.15, -0.1) is 13.2 Å². The monoisotopic (exact) mass is 696 g/mol. The predicted molar refractivity (Wildman–Crippen MR) is 206 cm³/mol. The Bertz CT molecular complexity index is 1470. The molecule has 3 unspecified atom stereocenters. The molecule has 4 aromatic rings. The highest BCUT2D eigenvalue weighted by Crippen LogP contribution is 2.34. The van der Waals surface area contributed by atoms with Crippen LogP contribution in [0, 0.1) is 0 Å². The van der Waals surface area contributed by atoms with Crippen LogP contribution in [0.25, 0.3) is 0 Å². The fourth-order valence-electron chi connectivity index (χ4n) is 4.81. The largest absolute Gasteiger partial charge is 0.508 e. The van der Waals surface area contributed by atoms with Gasteiger partial charge in [0.2, 0.25) is 0 Å². The second-order valence-corrected chi connectivity index (χ2v) is 13.8. The van der Waals surface area contributed by atoms with E-state index in [0.29, 0.717) is 25.1 Å². The smallest absolute Gasteiger partial charge is 0.119 e. The molecule has 7 nitrogen and oxygen atoms in total. The summed E-state index contributed by atoms with van der Waals surface area (Å²) < 4.78 is 21.0. The van der Waals surface area contributed by atoms with E-state index in [1.54, 1.807) is 31.2 Å². The van der Waals surface area contributed by atoms with E-state index >= 15 is 0 Å². The van der Waals surface area contributed by atoms with Gasteiger partial charge in [0.25, 0.3) is 0 Å². The summed E-state index contributed by atoms with van der Waals surface area (Å²) in [5, 5.41) is 28.0. The lowest BCUT2D eigenvalue weighted by atomic mass is 9.78. The Balaban J connectivity index is 0.000000222. The summed E-state index contributed by atoms with van der Waals surface area (Å²) >= 11 is 0. The van der Waals surface area contributed by atoms with Crippen LogP contribution in [-0.4, -0.2) is 60.1 Å². The third-order valence-electron chi connectivity index (χ3n) is 8.49. The summed E-state index contributed by atoms with van der Waals surface area (Å²) in [4.78, 5) is 0. The predicted octanol–water partition coefficient (Wildman–Crippen LogP) is 9.13. The van der Waals surface area contributed by atoms with E-state index in [1.165, 1.54) is 11.1 Å². The van der Waals surface area contributed by atoms with Crippen LogP contribution in [0.15, 0.2) is 122 Å². The topological polar surface area (TPSA) is 104 Å². The van der Waals surface area contributed by atoms with Crippen LogP contribution in [0.2, 0.25) is 0 Å².